The van der Waals surface area contributed by atoms with E-state index in [0.29, 0.717) is 0 Å². The quantitative estimate of drug-likeness (QED) is 0.581. The topological polar surface area (TPSA) is 26.3 Å². The van der Waals surface area contributed by atoms with Crippen LogP contribution in [-0.4, -0.2) is 17.3 Å². The van der Waals surface area contributed by atoms with Crippen LogP contribution in [-0.2, 0) is 22.4 Å². The number of carbonyl (C=O) groups is 1. The zero-order valence-electron chi connectivity index (χ0n) is 8.64. The molecule has 3 heteroatoms. The lowest BCUT2D eigenvalue weighted by atomic mass is 9.89. The number of thiol groups is 1. The minimum atomic E-state index is -0.224. The molecule has 0 saturated carbocycles. The van der Waals surface area contributed by atoms with Gasteiger partial charge in [-0.25, -0.2) is 0 Å². The van der Waals surface area contributed by atoms with E-state index in [1.165, 1.54) is 18.1 Å². The first kappa shape index (κ1) is 10.6. The van der Waals surface area contributed by atoms with Crippen molar-refractivity contribution in [2.45, 2.75) is 31.1 Å². The van der Waals surface area contributed by atoms with Crippen molar-refractivity contribution in [1.82, 2.24) is 0 Å². The number of carbonyl (C=O) groups excluding carboxylic acids is 1. The highest BCUT2D eigenvalue weighted by Gasteiger charge is 2.27. The van der Waals surface area contributed by atoms with Crippen LogP contribution in [0.2, 0.25) is 0 Å². The van der Waals surface area contributed by atoms with Crippen molar-refractivity contribution in [3.8, 4) is 0 Å². The Labute approximate surface area is 95.0 Å². The smallest absolute Gasteiger partial charge is 0.302 e. The summed E-state index contributed by atoms with van der Waals surface area (Å²) >= 11 is 4.48. The summed E-state index contributed by atoms with van der Waals surface area (Å²) < 4.78 is 5.24. The normalized spacial score (nSPS) is 24.4. The van der Waals surface area contributed by atoms with Gasteiger partial charge in [-0.2, -0.15) is 12.6 Å². The first-order valence-electron chi connectivity index (χ1n) is 5.09. The third-order valence-corrected chi connectivity index (χ3v) is 3.23. The molecule has 1 aliphatic carbocycles. The number of esters is 1. The monoisotopic (exact) mass is 222 g/mol. The van der Waals surface area contributed by atoms with E-state index in [1.807, 2.05) is 12.1 Å². The van der Waals surface area contributed by atoms with Crippen LogP contribution in [0, 0.1) is 0 Å². The molecule has 0 unspecified atom stereocenters. The summed E-state index contributed by atoms with van der Waals surface area (Å²) in [5.41, 5.74) is 2.59. The van der Waals surface area contributed by atoms with E-state index in [-0.39, 0.29) is 17.3 Å². The van der Waals surface area contributed by atoms with Crippen molar-refractivity contribution in [1.29, 1.82) is 0 Å². The Balaban J connectivity index is 2.18. The predicted molar refractivity (Wildman–Crippen MR) is 62.2 cm³/mol. The molecule has 0 radical (unpaired) electrons. The van der Waals surface area contributed by atoms with Crippen LogP contribution in [0.25, 0.3) is 0 Å². The van der Waals surface area contributed by atoms with E-state index in [4.69, 9.17) is 4.74 Å². The standard InChI is InChI=1S/C12H14O2S/c1-8(13)14-11-6-9-4-2-3-5-10(9)7-12(11)15/h2-5,11-12,15H,6-7H2,1H3/t11-,12-/m1/s1. The molecule has 0 N–H and O–H groups in total. The maximum absolute atomic E-state index is 10.9. The maximum atomic E-state index is 10.9. The summed E-state index contributed by atoms with van der Waals surface area (Å²) in [6.45, 7) is 1.45. The van der Waals surface area contributed by atoms with E-state index in [1.54, 1.807) is 0 Å². The Morgan fingerprint density at radius 1 is 1.33 bits per heavy atom. The zero-order chi connectivity index (χ0) is 10.8. The first-order chi connectivity index (χ1) is 7.16. The second-order valence-corrected chi connectivity index (χ2v) is 4.56. The second-order valence-electron chi connectivity index (χ2n) is 3.89. The highest BCUT2D eigenvalue weighted by Crippen LogP contribution is 2.26. The number of benzene rings is 1. The number of hydrogen-bond acceptors (Lipinski definition) is 3. The average Bonchev–Trinajstić information content (AvgIpc) is 2.18. The Kier molecular flexibility index (Phi) is 3.00. The summed E-state index contributed by atoms with van der Waals surface area (Å²) in [5, 5.41) is 0.115. The second kappa shape index (κ2) is 4.27. The van der Waals surface area contributed by atoms with Crippen LogP contribution < -0.4 is 0 Å². The van der Waals surface area contributed by atoms with E-state index in [2.05, 4.69) is 24.8 Å². The lowest BCUT2D eigenvalue weighted by Gasteiger charge is -2.29. The average molecular weight is 222 g/mol. The fourth-order valence-electron chi connectivity index (χ4n) is 2.00. The molecule has 0 saturated heterocycles. The highest BCUT2D eigenvalue weighted by atomic mass is 32.1. The molecule has 15 heavy (non-hydrogen) atoms. The molecule has 0 bridgehead atoms. The van der Waals surface area contributed by atoms with Gasteiger partial charge in [0.2, 0.25) is 0 Å². The van der Waals surface area contributed by atoms with Gasteiger partial charge in [-0.05, 0) is 17.5 Å². The molecule has 80 valence electrons. The molecule has 2 nitrogen and oxygen atoms in total. The van der Waals surface area contributed by atoms with Crippen LogP contribution in [0.5, 0.6) is 0 Å². The van der Waals surface area contributed by atoms with Crippen molar-refractivity contribution in [3.63, 3.8) is 0 Å². The van der Waals surface area contributed by atoms with Crippen molar-refractivity contribution in [2.24, 2.45) is 0 Å². The van der Waals surface area contributed by atoms with Gasteiger partial charge in [0.1, 0.15) is 6.10 Å². The van der Waals surface area contributed by atoms with Crippen molar-refractivity contribution >= 4 is 18.6 Å². The highest BCUT2D eigenvalue weighted by molar-refractivity contribution is 7.81. The number of hydrogen-bond donors (Lipinski definition) is 1. The molecule has 0 aromatic heterocycles. The molecule has 1 aromatic rings. The van der Waals surface area contributed by atoms with Crippen LogP contribution in [0.1, 0.15) is 18.1 Å². The molecular weight excluding hydrogens is 208 g/mol. The van der Waals surface area contributed by atoms with E-state index < -0.39 is 0 Å². The predicted octanol–water partition coefficient (Wildman–Crippen LogP) is 2.02. The van der Waals surface area contributed by atoms with Crippen molar-refractivity contribution < 1.29 is 9.53 Å². The summed E-state index contributed by atoms with van der Waals surface area (Å²) in [6, 6.07) is 8.25. The van der Waals surface area contributed by atoms with E-state index in [0.717, 1.165) is 12.8 Å². The molecule has 1 aromatic carbocycles. The lowest BCUT2D eigenvalue weighted by molar-refractivity contribution is -0.146. The summed E-state index contributed by atoms with van der Waals surface area (Å²) in [6.07, 6.45) is 1.57. The van der Waals surface area contributed by atoms with Gasteiger partial charge in [0.05, 0.1) is 0 Å². The van der Waals surface area contributed by atoms with Crippen LogP contribution in [0.4, 0.5) is 0 Å². The van der Waals surface area contributed by atoms with Gasteiger partial charge in [0, 0.05) is 18.6 Å². The Morgan fingerprint density at radius 3 is 2.53 bits per heavy atom. The molecule has 0 spiro atoms. The van der Waals surface area contributed by atoms with Crippen molar-refractivity contribution in [3.05, 3.63) is 35.4 Å². The first-order valence-corrected chi connectivity index (χ1v) is 5.60. The molecule has 0 fully saturated rings. The SMILES string of the molecule is CC(=O)O[C@@H]1Cc2ccccc2C[C@H]1S. The van der Waals surface area contributed by atoms with Gasteiger partial charge in [-0.3, -0.25) is 4.79 Å². The Hall–Kier alpha value is -0.960. The summed E-state index contributed by atoms with van der Waals surface area (Å²) in [4.78, 5) is 10.9. The van der Waals surface area contributed by atoms with Gasteiger partial charge < -0.3 is 4.74 Å². The largest absolute Gasteiger partial charge is 0.461 e. The van der Waals surface area contributed by atoms with E-state index in [9.17, 15) is 4.79 Å². The van der Waals surface area contributed by atoms with Crippen LogP contribution >= 0.6 is 12.6 Å². The molecule has 2 atom stereocenters. The van der Waals surface area contributed by atoms with Gasteiger partial charge in [-0.1, -0.05) is 24.3 Å². The maximum Gasteiger partial charge on any atom is 0.302 e. The summed E-state index contributed by atoms with van der Waals surface area (Å²) in [5.74, 6) is -0.224. The number of ether oxygens (including phenoxy) is 1. The molecule has 0 amide bonds. The Bertz CT molecular complexity index is 376. The van der Waals surface area contributed by atoms with Gasteiger partial charge in [-0.15, -0.1) is 0 Å². The summed E-state index contributed by atoms with van der Waals surface area (Å²) in [7, 11) is 0. The third-order valence-electron chi connectivity index (χ3n) is 2.72. The number of rotatable bonds is 1. The molecule has 0 heterocycles. The molecule has 1 aliphatic rings. The lowest BCUT2D eigenvalue weighted by Crippen LogP contribution is -2.34. The van der Waals surface area contributed by atoms with Gasteiger partial charge >= 0.3 is 5.97 Å². The van der Waals surface area contributed by atoms with Gasteiger partial charge in [0.15, 0.2) is 0 Å². The molecule has 0 aliphatic heterocycles. The fraction of sp³-hybridized carbons (Fsp3) is 0.417. The minimum Gasteiger partial charge on any atom is -0.461 e. The molecular formula is C12H14O2S. The molecule has 2 rings (SSSR count). The van der Waals surface area contributed by atoms with Gasteiger partial charge in [0.25, 0.3) is 0 Å². The number of fused-ring (bicyclic) bond motifs is 1. The van der Waals surface area contributed by atoms with Crippen molar-refractivity contribution in [2.75, 3.05) is 0 Å². The third kappa shape index (κ3) is 2.34. The van der Waals surface area contributed by atoms with Crippen LogP contribution in [0.3, 0.4) is 0 Å². The Morgan fingerprint density at radius 2 is 1.93 bits per heavy atom. The van der Waals surface area contributed by atoms with E-state index >= 15 is 0 Å². The minimum absolute atomic E-state index is 0.0827. The zero-order valence-corrected chi connectivity index (χ0v) is 9.54. The fourth-order valence-corrected chi connectivity index (χ4v) is 2.36. The van der Waals surface area contributed by atoms with Crippen LogP contribution in [0.15, 0.2) is 24.3 Å².